The Balaban J connectivity index is 1.33. The summed E-state index contributed by atoms with van der Waals surface area (Å²) in [7, 11) is 0. The van der Waals surface area contributed by atoms with Gasteiger partial charge < -0.3 is 9.80 Å². The van der Waals surface area contributed by atoms with Crippen molar-refractivity contribution in [3.05, 3.63) is 64.4 Å². The van der Waals surface area contributed by atoms with Crippen LogP contribution in [0.5, 0.6) is 0 Å². The topological polar surface area (TPSA) is 56.8 Å². The number of halogens is 1. The maximum atomic E-state index is 12.9. The number of carbonyl (C=O) groups excluding carboxylic acids is 2. The third kappa shape index (κ3) is 4.10. The van der Waals surface area contributed by atoms with Gasteiger partial charge in [0.2, 0.25) is 5.91 Å². The van der Waals surface area contributed by atoms with Gasteiger partial charge in [-0.1, -0.05) is 28.1 Å². The molecule has 1 aromatic carbocycles. The lowest BCUT2D eigenvalue weighted by Gasteiger charge is -2.37. The Kier molecular flexibility index (Phi) is 5.73. The molecule has 146 valence electrons. The second kappa shape index (κ2) is 8.41. The van der Waals surface area contributed by atoms with E-state index in [0.29, 0.717) is 25.2 Å². The standard InChI is InChI=1S/C21H23BrN4O2/c22-18-5-1-4-17(13-18)20(27)25-11-9-24(10-12-25)19-6-8-26(21(19)28)15-16-3-2-7-23-14-16/h1-5,7,13-14,19H,6,8-12,15H2. The molecule has 0 N–H and O–H groups in total. The van der Waals surface area contributed by atoms with Gasteiger partial charge in [-0.2, -0.15) is 0 Å². The zero-order chi connectivity index (χ0) is 19.5. The van der Waals surface area contributed by atoms with Gasteiger partial charge in [0.15, 0.2) is 0 Å². The van der Waals surface area contributed by atoms with Gasteiger partial charge in [0.1, 0.15) is 0 Å². The van der Waals surface area contributed by atoms with Crippen LogP contribution in [-0.4, -0.2) is 70.3 Å². The number of likely N-dealkylation sites (tertiary alicyclic amines) is 1. The maximum Gasteiger partial charge on any atom is 0.253 e. The lowest BCUT2D eigenvalue weighted by molar-refractivity contribution is -0.133. The van der Waals surface area contributed by atoms with Crippen molar-refractivity contribution in [2.75, 3.05) is 32.7 Å². The van der Waals surface area contributed by atoms with E-state index in [0.717, 1.165) is 36.1 Å². The molecule has 7 heteroatoms. The lowest BCUT2D eigenvalue weighted by atomic mass is 10.1. The average Bonchev–Trinajstić information content (AvgIpc) is 3.08. The Morgan fingerprint density at radius 2 is 1.93 bits per heavy atom. The molecule has 4 rings (SSSR count). The van der Waals surface area contributed by atoms with Crippen molar-refractivity contribution in [1.82, 2.24) is 19.7 Å². The van der Waals surface area contributed by atoms with E-state index in [1.807, 2.05) is 52.4 Å². The van der Waals surface area contributed by atoms with Gasteiger partial charge in [-0.15, -0.1) is 0 Å². The number of piperazine rings is 1. The smallest absolute Gasteiger partial charge is 0.253 e. The van der Waals surface area contributed by atoms with Crippen LogP contribution in [0, 0.1) is 0 Å². The molecule has 3 heterocycles. The largest absolute Gasteiger partial charge is 0.337 e. The van der Waals surface area contributed by atoms with Gasteiger partial charge in [-0.3, -0.25) is 19.5 Å². The third-order valence-electron chi connectivity index (χ3n) is 5.48. The Bertz CT molecular complexity index is 852. The summed E-state index contributed by atoms with van der Waals surface area (Å²) in [6.07, 6.45) is 4.40. The summed E-state index contributed by atoms with van der Waals surface area (Å²) in [6.45, 7) is 4.16. The third-order valence-corrected chi connectivity index (χ3v) is 5.97. The van der Waals surface area contributed by atoms with Crippen molar-refractivity contribution in [3.63, 3.8) is 0 Å². The molecule has 28 heavy (non-hydrogen) atoms. The van der Waals surface area contributed by atoms with E-state index in [1.54, 1.807) is 6.20 Å². The summed E-state index contributed by atoms with van der Waals surface area (Å²) in [5, 5.41) is 0. The number of nitrogens with zero attached hydrogens (tertiary/aromatic N) is 4. The molecule has 0 saturated carbocycles. The Morgan fingerprint density at radius 1 is 1.11 bits per heavy atom. The van der Waals surface area contributed by atoms with E-state index in [4.69, 9.17) is 0 Å². The summed E-state index contributed by atoms with van der Waals surface area (Å²) in [6, 6.07) is 11.3. The van der Waals surface area contributed by atoms with E-state index in [1.165, 1.54) is 0 Å². The van der Waals surface area contributed by atoms with Crippen molar-refractivity contribution in [3.8, 4) is 0 Å². The van der Waals surface area contributed by atoms with Gasteiger partial charge in [0.05, 0.1) is 6.04 Å². The van der Waals surface area contributed by atoms with Gasteiger partial charge in [0, 0.05) is 61.7 Å². The van der Waals surface area contributed by atoms with Crippen LogP contribution in [0.2, 0.25) is 0 Å². The molecule has 0 aliphatic carbocycles. The van der Waals surface area contributed by atoms with Crippen molar-refractivity contribution in [2.45, 2.75) is 19.0 Å². The zero-order valence-electron chi connectivity index (χ0n) is 15.6. The predicted octanol–water partition coefficient (Wildman–Crippen LogP) is 2.40. The first-order chi connectivity index (χ1) is 13.6. The monoisotopic (exact) mass is 442 g/mol. The van der Waals surface area contributed by atoms with Crippen LogP contribution < -0.4 is 0 Å². The minimum Gasteiger partial charge on any atom is -0.337 e. The summed E-state index contributed by atoms with van der Waals surface area (Å²) in [4.78, 5) is 35.7. The molecule has 2 saturated heterocycles. The van der Waals surface area contributed by atoms with Crippen LogP contribution in [0.25, 0.3) is 0 Å². The molecule has 2 aromatic rings. The minimum atomic E-state index is -0.0696. The molecular weight excluding hydrogens is 420 g/mol. The molecule has 2 aliphatic heterocycles. The number of aromatic nitrogens is 1. The van der Waals surface area contributed by atoms with Crippen LogP contribution in [0.4, 0.5) is 0 Å². The quantitative estimate of drug-likeness (QED) is 0.729. The highest BCUT2D eigenvalue weighted by Gasteiger charge is 2.37. The molecule has 2 amide bonds. The number of hydrogen-bond acceptors (Lipinski definition) is 4. The van der Waals surface area contributed by atoms with E-state index < -0.39 is 0 Å². The first kappa shape index (κ1) is 19.1. The molecule has 1 aromatic heterocycles. The number of amides is 2. The van der Waals surface area contributed by atoms with Crippen LogP contribution in [0.15, 0.2) is 53.3 Å². The number of hydrogen-bond donors (Lipinski definition) is 0. The molecule has 2 aliphatic rings. The van der Waals surface area contributed by atoms with E-state index in [-0.39, 0.29) is 17.9 Å². The highest BCUT2D eigenvalue weighted by molar-refractivity contribution is 9.10. The van der Waals surface area contributed by atoms with Crippen LogP contribution in [0.1, 0.15) is 22.3 Å². The van der Waals surface area contributed by atoms with E-state index in [2.05, 4.69) is 25.8 Å². The van der Waals surface area contributed by atoms with Gasteiger partial charge in [-0.05, 0) is 36.2 Å². The number of carbonyl (C=O) groups is 2. The zero-order valence-corrected chi connectivity index (χ0v) is 17.2. The molecule has 1 unspecified atom stereocenters. The number of benzene rings is 1. The molecule has 0 bridgehead atoms. The van der Waals surface area contributed by atoms with Gasteiger partial charge >= 0.3 is 0 Å². The SMILES string of the molecule is O=C(c1cccc(Br)c1)N1CCN(C2CCN(Cc3cccnc3)C2=O)CC1. The molecule has 6 nitrogen and oxygen atoms in total. The first-order valence-electron chi connectivity index (χ1n) is 9.58. The predicted molar refractivity (Wildman–Crippen MR) is 110 cm³/mol. The minimum absolute atomic E-state index is 0.0527. The Morgan fingerprint density at radius 3 is 2.64 bits per heavy atom. The maximum absolute atomic E-state index is 12.9. The number of pyridine rings is 1. The molecule has 0 spiro atoms. The van der Waals surface area contributed by atoms with Crippen molar-refractivity contribution < 1.29 is 9.59 Å². The van der Waals surface area contributed by atoms with Gasteiger partial charge in [0.25, 0.3) is 5.91 Å². The van der Waals surface area contributed by atoms with E-state index >= 15 is 0 Å². The second-order valence-corrected chi connectivity index (χ2v) is 8.18. The highest BCUT2D eigenvalue weighted by Crippen LogP contribution is 2.22. The number of rotatable bonds is 4. The van der Waals surface area contributed by atoms with Gasteiger partial charge in [-0.25, -0.2) is 0 Å². The summed E-state index contributed by atoms with van der Waals surface area (Å²) < 4.78 is 0.905. The van der Waals surface area contributed by atoms with Crippen molar-refractivity contribution in [2.24, 2.45) is 0 Å². The molecule has 1 atom stereocenters. The molecule has 0 radical (unpaired) electrons. The normalized spacial score (nSPS) is 20.6. The van der Waals surface area contributed by atoms with Crippen molar-refractivity contribution >= 4 is 27.7 Å². The lowest BCUT2D eigenvalue weighted by Crippen LogP contribution is -2.53. The second-order valence-electron chi connectivity index (χ2n) is 7.26. The fourth-order valence-corrected chi connectivity index (χ4v) is 4.37. The summed E-state index contributed by atoms with van der Waals surface area (Å²) in [5.74, 6) is 0.243. The first-order valence-corrected chi connectivity index (χ1v) is 10.4. The summed E-state index contributed by atoms with van der Waals surface area (Å²) >= 11 is 3.42. The fourth-order valence-electron chi connectivity index (χ4n) is 3.97. The fraction of sp³-hybridized carbons (Fsp3) is 0.381. The Labute approximate surface area is 173 Å². The Hall–Kier alpha value is -2.25. The average molecular weight is 443 g/mol. The van der Waals surface area contributed by atoms with Crippen LogP contribution in [0.3, 0.4) is 0 Å². The van der Waals surface area contributed by atoms with Crippen LogP contribution in [-0.2, 0) is 11.3 Å². The molecular formula is C21H23BrN4O2. The summed E-state index contributed by atoms with van der Waals surface area (Å²) in [5.41, 5.74) is 1.75. The van der Waals surface area contributed by atoms with Crippen LogP contribution >= 0.6 is 15.9 Å². The highest BCUT2D eigenvalue weighted by atomic mass is 79.9. The van der Waals surface area contributed by atoms with E-state index in [9.17, 15) is 9.59 Å². The van der Waals surface area contributed by atoms with Crippen molar-refractivity contribution in [1.29, 1.82) is 0 Å². The molecule has 2 fully saturated rings.